The van der Waals surface area contributed by atoms with Crippen LogP contribution in [0.5, 0.6) is 17.2 Å². The molecule has 10 heteroatoms. The van der Waals surface area contributed by atoms with E-state index in [2.05, 4.69) is 31.3 Å². The van der Waals surface area contributed by atoms with Crippen molar-refractivity contribution in [3.8, 4) is 17.2 Å². The number of nitrogens with zero attached hydrogens (tertiary/aromatic N) is 6. The first-order valence-electron chi connectivity index (χ1n) is 16.1. The summed E-state index contributed by atoms with van der Waals surface area (Å²) in [6.45, 7) is 14.8. The second-order valence-corrected chi connectivity index (χ2v) is 12.8. The Morgan fingerprint density at radius 1 is 1.20 bits per heavy atom. The maximum Gasteiger partial charge on any atom is 0.257 e. The highest BCUT2D eigenvalue weighted by Crippen LogP contribution is 2.52. The lowest BCUT2D eigenvalue weighted by atomic mass is 9.61. The van der Waals surface area contributed by atoms with Crippen LogP contribution in [-0.4, -0.2) is 75.5 Å². The summed E-state index contributed by atoms with van der Waals surface area (Å²) < 4.78 is 27.1. The molecule has 0 N–H and O–H groups in total. The van der Waals surface area contributed by atoms with Gasteiger partial charge in [0.1, 0.15) is 29.7 Å². The third kappa shape index (κ3) is 6.52. The van der Waals surface area contributed by atoms with E-state index in [-0.39, 0.29) is 34.8 Å². The summed E-state index contributed by atoms with van der Waals surface area (Å²) >= 11 is 0. The zero-order chi connectivity index (χ0) is 31.6. The lowest BCUT2D eigenvalue weighted by Gasteiger charge is -2.59. The number of hydrogen-bond donors (Lipinski definition) is 0. The molecule has 3 aromatic rings. The summed E-state index contributed by atoms with van der Waals surface area (Å²) in [5.74, 6) is 1.59. The normalized spacial score (nSPS) is 17.4. The highest BCUT2D eigenvalue weighted by atomic mass is 19.1. The molecule has 238 valence electrons. The van der Waals surface area contributed by atoms with Crippen molar-refractivity contribution in [2.75, 3.05) is 37.6 Å². The number of allylic oxidation sites excluding steroid dienone is 1. The van der Waals surface area contributed by atoms with Gasteiger partial charge in [0.2, 0.25) is 0 Å². The smallest absolute Gasteiger partial charge is 0.257 e. The fourth-order valence-electron chi connectivity index (χ4n) is 6.96. The van der Waals surface area contributed by atoms with E-state index in [9.17, 15) is 9.18 Å². The Kier molecular flexibility index (Phi) is 9.03. The van der Waals surface area contributed by atoms with E-state index in [0.29, 0.717) is 18.1 Å². The summed E-state index contributed by atoms with van der Waals surface area (Å²) in [4.78, 5) is 33.0. The van der Waals surface area contributed by atoms with Crippen LogP contribution in [-0.2, 0) is 13.0 Å². The number of hydrogen-bond acceptors (Lipinski definition) is 8. The maximum atomic E-state index is 14.3. The molecule has 1 aliphatic carbocycles. The molecule has 1 saturated carbocycles. The van der Waals surface area contributed by atoms with Gasteiger partial charge in [-0.3, -0.25) is 14.7 Å². The number of anilines is 1. The molecule has 45 heavy (non-hydrogen) atoms. The van der Waals surface area contributed by atoms with Crippen LogP contribution in [0.1, 0.15) is 68.1 Å². The minimum Gasteiger partial charge on any atom is -0.490 e. The molecule has 2 aliphatic heterocycles. The summed E-state index contributed by atoms with van der Waals surface area (Å²) in [7, 11) is 0. The van der Waals surface area contributed by atoms with Crippen molar-refractivity contribution < 1.29 is 18.7 Å². The van der Waals surface area contributed by atoms with Gasteiger partial charge < -0.3 is 19.3 Å². The Morgan fingerprint density at radius 2 is 2.02 bits per heavy atom. The number of fused-ring (bicyclic) bond motifs is 1. The molecule has 6 rings (SSSR count). The molecule has 9 nitrogen and oxygen atoms in total. The van der Waals surface area contributed by atoms with Crippen molar-refractivity contribution in [1.82, 2.24) is 24.8 Å². The Bertz CT molecular complexity index is 1530. The number of halogens is 1. The van der Waals surface area contributed by atoms with Gasteiger partial charge >= 0.3 is 0 Å². The molecular formula is C35H43FN6O3. The van der Waals surface area contributed by atoms with Gasteiger partial charge in [0.15, 0.2) is 11.6 Å². The van der Waals surface area contributed by atoms with Crippen LogP contribution >= 0.6 is 0 Å². The Morgan fingerprint density at radius 3 is 2.78 bits per heavy atom. The van der Waals surface area contributed by atoms with E-state index in [0.717, 1.165) is 76.3 Å². The van der Waals surface area contributed by atoms with E-state index >= 15 is 0 Å². The minimum atomic E-state index is -0.491. The summed E-state index contributed by atoms with van der Waals surface area (Å²) in [5.41, 5.74) is 2.74. The van der Waals surface area contributed by atoms with Crippen LogP contribution in [0.4, 0.5) is 10.2 Å². The largest absolute Gasteiger partial charge is 0.490 e. The van der Waals surface area contributed by atoms with E-state index in [1.165, 1.54) is 30.1 Å². The molecule has 1 spiro atoms. The molecule has 0 atom stereocenters. The van der Waals surface area contributed by atoms with Gasteiger partial charge in [-0.05, 0) is 77.3 Å². The fraction of sp³-hybridized carbons (Fsp3) is 0.486. The van der Waals surface area contributed by atoms with Gasteiger partial charge in [0, 0.05) is 68.1 Å². The molecule has 1 amide bonds. The van der Waals surface area contributed by atoms with Crippen LogP contribution in [0.3, 0.4) is 0 Å². The maximum absolute atomic E-state index is 14.3. The lowest BCUT2D eigenvalue weighted by molar-refractivity contribution is -0.0352. The first kappa shape index (κ1) is 31.0. The molecule has 1 aromatic carbocycles. The molecule has 4 heterocycles. The van der Waals surface area contributed by atoms with E-state index < -0.39 is 5.82 Å². The van der Waals surface area contributed by atoms with Crippen molar-refractivity contribution in [2.45, 2.75) is 71.6 Å². The zero-order valence-electron chi connectivity index (χ0n) is 26.5. The van der Waals surface area contributed by atoms with Crippen LogP contribution in [0.15, 0.2) is 55.6 Å². The van der Waals surface area contributed by atoms with Crippen molar-refractivity contribution in [2.24, 2.45) is 5.41 Å². The molecule has 1 saturated heterocycles. The second-order valence-electron chi connectivity index (χ2n) is 12.8. The minimum absolute atomic E-state index is 0.0344. The molecule has 0 bridgehead atoms. The van der Waals surface area contributed by atoms with Crippen molar-refractivity contribution in [3.05, 3.63) is 78.3 Å². The van der Waals surface area contributed by atoms with E-state index in [1.54, 1.807) is 11.1 Å². The predicted molar refractivity (Wildman–Crippen MR) is 171 cm³/mol. The van der Waals surface area contributed by atoms with E-state index in [4.69, 9.17) is 9.47 Å². The number of ether oxygens (including phenoxy) is 2. The quantitative estimate of drug-likeness (QED) is 0.180. The van der Waals surface area contributed by atoms with Crippen LogP contribution in [0.2, 0.25) is 0 Å². The van der Waals surface area contributed by atoms with Crippen molar-refractivity contribution >= 4 is 11.7 Å². The number of rotatable bonds is 12. The molecular weight excluding hydrogens is 571 g/mol. The second kappa shape index (κ2) is 13.1. The lowest BCUT2D eigenvalue weighted by Crippen LogP contribution is -2.65. The molecule has 0 radical (unpaired) electrons. The van der Waals surface area contributed by atoms with E-state index in [1.807, 2.05) is 39.1 Å². The first-order valence-corrected chi connectivity index (χ1v) is 16.1. The fourth-order valence-corrected chi connectivity index (χ4v) is 6.96. The van der Waals surface area contributed by atoms with Crippen LogP contribution in [0.25, 0.3) is 0 Å². The third-order valence-electron chi connectivity index (χ3n) is 9.27. The zero-order valence-corrected chi connectivity index (χ0v) is 26.5. The average Bonchev–Trinajstić information content (AvgIpc) is 2.99. The molecule has 2 fully saturated rings. The number of carbonyl (C=O) groups excluding carboxylic acids is 1. The number of pyridine rings is 1. The Balaban J connectivity index is 1.09. The van der Waals surface area contributed by atoms with Crippen molar-refractivity contribution in [3.63, 3.8) is 0 Å². The predicted octanol–water partition coefficient (Wildman–Crippen LogP) is 6.05. The molecule has 3 aliphatic rings. The number of carbonyl (C=O) groups is 1. The monoisotopic (exact) mass is 614 g/mol. The number of amides is 1. The van der Waals surface area contributed by atoms with Crippen LogP contribution in [0, 0.1) is 11.2 Å². The number of benzene rings is 1. The number of unbranched alkanes of at least 4 members (excludes halogenated alkanes) is 1. The molecule has 0 unspecified atom stereocenters. The van der Waals surface area contributed by atoms with Crippen molar-refractivity contribution in [1.29, 1.82) is 0 Å². The average molecular weight is 615 g/mol. The summed E-state index contributed by atoms with van der Waals surface area (Å²) in [6, 6.07) is 6.02. The van der Waals surface area contributed by atoms with Crippen LogP contribution < -0.4 is 14.4 Å². The summed E-state index contributed by atoms with van der Waals surface area (Å²) in [6.07, 6.45) is 12.2. The van der Waals surface area contributed by atoms with Gasteiger partial charge in [-0.1, -0.05) is 6.08 Å². The van der Waals surface area contributed by atoms with Gasteiger partial charge in [-0.15, -0.1) is 6.58 Å². The highest BCUT2D eigenvalue weighted by molar-refractivity contribution is 5.97. The Hall–Kier alpha value is -4.05. The SMILES string of the molecule is C=CCCCN1CCc2nccc(OC3CC4(C3)CN(c3ncncc3Oc3ccc(F)cc3C(=O)N(CC)C(C)C)C4)c2C1. The van der Waals surface area contributed by atoms with Gasteiger partial charge in [-0.2, -0.15) is 0 Å². The van der Waals surface area contributed by atoms with Gasteiger partial charge in [0.25, 0.3) is 5.91 Å². The molecule has 2 aromatic heterocycles. The topological polar surface area (TPSA) is 83.9 Å². The Labute approximate surface area is 265 Å². The highest BCUT2D eigenvalue weighted by Gasteiger charge is 2.54. The first-order chi connectivity index (χ1) is 21.8. The van der Waals surface area contributed by atoms with Gasteiger partial charge in [0.05, 0.1) is 11.8 Å². The summed E-state index contributed by atoms with van der Waals surface area (Å²) in [5, 5.41) is 0. The van der Waals surface area contributed by atoms with Gasteiger partial charge in [-0.25, -0.2) is 14.4 Å². The standard InChI is InChI=1S/C35H43FN6O3/c1-5-7-8-14-40-15-12-29-28(20-40)31(11-13-38-29)44-26-17-35(18-26)21-41(22-35)33-32(19-37-23-39-33)45-30-10-9-25(36)16-27(30)34(43)42(6-2)24(3)4/h5,9-11,13,16,19,23-24,26H,1,6-8,12,14-15,17-18,20-22H2,2-4H3. The third-order valence-corrected chi connectivity index (χ3v) is 9.27. The number of aromatic nitrogens is 3.